The van der Waals surface area contributed by atoms with E-state index < -0.39 is 0 Å². The number of nitrogens with zero attached hydrogens (tertiary/aromatic N) is 3. The Morgan fingerprint density at radius 2 is 2.12 bits per heavy atom. The molecule has 1 aromatic heterocycles. The first-order valence-corrected chi connectivity index (χ1v) is 6.65. The summed E-state index contributed by atoms with van der Waals surface area (Å²) < 4.78 is 0.910. The van der Waals surface area contributed by atoms with Crippen LogP contribution in [-0.4, -0.2) is 41.5 Å². The molecule has 0 saturated heterocycles. The molecule has 0 spiro atoms. The summed E-state index contributed by atoms with van der Waals surface area (Å²) in [6.45, 7) is 5.47. The fourth-order valence-electron chi connectivity index (χ4n) is 1.80. The maximum Gasteiger partial charge on any atom is 0.143 e. The van der Waals surface area contributed by atoms with Crippen LogP contribution in [0.4, 0.5) is 5.82 Å². The summed E-state index contributed by atoms with van der Waals surface area (Å²) >= 11 is 3.46. The van der Waals surface area contributed by atoms with Crippen molar-refractivity contribution >= 4 is 21.7 Å². The normalized spacial score (nSPS) is 13.1. The third-order valence-corrected chi connectivity index (χ3v) is 2.93. The van der Waals surface area contributed by atoms with Crippen molar-refractivity contribution in [1.29, 1.82) is 0 Å². The number of likely N-dealkylation sites (N-methyl/N-ethyl adjacent to an activating group) is 1. The van der Waals surface area contributed by atoms with Gasteiger partial charge in [0, 0.05) is 18.8 Å². The van der Waals surface area contributed by atoms with E-state index >= 15 is 0 Å². The van der Waals surface area contributed by atoms with Crippen molar-refractivity contribution in [3.8, 4) is 0 Å². The zero-order chi connectivity index (χ0) is 12.8. The van der Waals surface area contributed by atoms with Crippen LogP contribution in [0.25, 0.3) is 0 Å². The molecule has 5 heteroatoms. The van der Waals surface area contributed by atoms with Gasteiger partial charge in [0.2, 0.25) is 0 Å². The second-order valence-electron chi connectivity index (χ2n) is 4.95. The molecule has 4 nitrogen and oxygen atoms in total. The zero-order valence-corrected chi connectivity index (χ0v) is 12.5. The highest BCUT2D eigenvalue weighted by Crippen LogP contribution is 2.19. The highest BCUT2D eigenvalue weighted by Gasteiger charge is 2.13. The average molecular weight is 301 g/mol. The molecule has 0 saturated carbocycles. The number of anilines is 1. The molecule has 1 unspecified atom stereocenters. The summed E-state index contributed by atoms with van der Waals surface area (Å²) in [6.07, 6.45) is 4.45. The molecule has 0 amide bonds. The van der Waals surface area contributed by atoms with Gasteiger partial charge in [0.25, 0.3) is 0 Å². The second-order valence-corrected chi connectivity index (χ2v) is 5.81. The van der Waals surface area contributed by atoms with Gasteiger partial charge in [-0.3, -0.25) is 0 Å². The van der Waals surface area contributed by atoms with Crippen molar-refractivity contribution in [3.63, 3.8) is 0 Å². The van der Waals surface area contributed by atoms with E-state index in [0.717, 1.165) is 23.3 Å². The van der Waals surface area contributed by atoms with Gasteiger partial charge in [-0.05, 0) is 42.4 Å². The van der Waals surface area contributed by atoms with E-state index in [1.807, 2.05) is 0 Å². The maximum absolute atomic E-state index is 4.25. The minimum absolute atomic E-state index is 0.399. The Kier molecular flexibility index (Phi) is 5.85. The quantitative estimate of drug-likeness (QED) is 0.877. The predicted molar refractivity (Wildman–Crippen MR) is 75.2 cm³/mol. The van der Waals surface area contributed by atoms with E-state index in [4.69, 9.17) is 0 Å². The van der Waals surface area contributed by atoms with Gasteiger partial charge in [-0.1, -0.05) is 13.8 Å². The van der Waals surface area contributed by atoms with Crippen molar-refractivity contribution in [2.75, 3.05) is 26.0 Å². The number of hydrogen-bond acceptors (Lipinski definition) is 4. The first-order chi connectivity index (χ1) is 7.99. The zero-order valence-electron chi connectivity index (χ0n) is 10.9. The standard InChI is InChI=1S/C12H21BrN4/c1-9(2)5-10(7-17(3)4)16-12-11(13)6-14-8-15-12/h6,8-10H,5,7H2,1-4H3,(H,14,15,16). The van der Waals surface area contributed by atoms with Crippen LogP contribution >= 0.6 is 15.9 Å². The monoisotopic (exact) mass is 300 g/mol. The maximum atomic E-state index is 4.25. The Morgan fingerprint density at radius 3 is 2.65 bits per heavy atom. The molecule has 17 heavy (non-hydrogen) atoms. The molecule has 0 aliphatic carbocycles. The van der Waals surface area contributed by atoms with Crippen LogP contribution in [0.2, 0.25) is 0 Å². The lowest BCUT2D eigenvalue weighted by molar-refractivity contribution is 0.356. The number of nitrogens with one attached hydrogen (secondary N) is 1. The lowest BCUT2D eigenvalue weighted by Gasteiger charge is -2.24. The smallest absolute Gasteiger partial charge is 0.143 e. The summed E-state index contributed by atoms with van der Waals surface area (Å²) in [4.78, 5) is 10.4. The van der Waals surface area contributed by atoms with Crippen LogP contribution in [0.15, 0.2) is 17.0 Å². The lowest BCUT2D eigenvalue weighted by atomic mass is 10.0. The van der Waals surface area contributed by atoms with E-state index in [-0.39, 0.29) is 0 Å². The molecule has 0 aliphatic heterocycles. The molecular weight excluding hydrogens is 280 g/mol. The summed E-state index contributed by atoms with van der Waals surface area (Å²) in [5.74, 6) is 1.53. The summed E-state index contributed by atoms with van der Waals surface area (Å²) in [5, 5.41) is 3.47. The van der Waals surface area contributed by atoms with Crippen LogP contribution in [0.1, 0.15) is 20.3 Å². The highest BCUT2D eigenvalue weighted by molar-refractivity contribution is 9.10. The van der Waals surface area contributed by atoms with Crippen molar-refractivity contribution in [2.45, 2.75) is 26.3 Å². The number of halogens is 1. The largest absolute Gasteiger partial charge is 0.365 e. The Labute approximate surface area is 112 Å². The first kappa shape index (κ1) is 14.4. The van der Waals surface area contributed by atoms with Crippen LogP contribution in [-0.2, 0) is 0 Å². The molecule has 0 aromatic carbocycles. The lowest BCUT2D eigenvalue weighted by Crippen LogP contribution is -2.33. The molecule has 1 N–H and O–H groups in total. The van der Waals surface area contributed by atoms with Gasteiger partial charge in [0.05, 0.1) is 4.47 Å². The molecular formula is C12H21BrN4. The van der Waals surface area contributed by atoms with Crippen molar-refractivity contribution in [1.82, 2.24) is 14.9 Å². The Bertz CT molecular complexity index is 331. The van der Waals surface area contributed by atoms with E-state index in [1.54, 1.807) is 12.5 Å². The topological polar surface area (TPSA) is 41.0 Å². The highest BCUT2D eigenvalue weighted by atomic mass is 79.9. The Balaban J connectivity index is 2.68. The summed E-state index contributed by atoms with van der Waals surface area (Å²) in [5.41, 5.74) is 0. The predicted octanol–water partition coefficient (Wildman–Crippen LogP) is 2.63. The molecule has 1 rings (SSSR count). The summed E-state index contributed by atoms with van der Waals surface area (Å²) in [7, 11) is 4.17. The van der Waals surface area contributed by atoms with Gasteiger partial charge in [0.1, 0.15) is 12.1 Å². The van der Waals surface area contributed by atoms with E-state index in [9.17, 15) is 0 Å². The molecule has 1 heterocycles. The van der Waals surface area contributed by atoms with Gasteiger partial charge in [0.15, 0.2) is 0 Å². The number of rotatable bonds is 6. The SMILES string of the molecule is CC(C)CC(CN(C)C)Nc1ncncc1Br. The first-order valence-electron chi connectivity index (χ1n) is 5.85. The third kappa shape index (κ3) is 5.46. The Morgan fingerprint density at radius 1 is 1.41 bits per heavy atom. The van der Waals surface area contributed by atoms with Gasteiger partial charge in [-0.25, -0.2) is 9.97 Å². The minimum Gasteiger partial charge on any atom is -0.365 e. The third-order valence-electron chi connectivity index (χ3n) is 2.35. The fraction of sp³-hybridized carbons (Fsp3) is 0.667. The molecule has 1 aromatic rings. The van der Waals surface area contributed by atoms with Crippen molar-refractivity contribution < 1.29 is 0 Å². The van der Waals surface area contributed by atoms with Gasteiger partial charge in [-0.15, -0.1) is 0 Å². The molecule has 96 valence electrons. The van der Waals surface area contributed by atoms with Crippen molar-refractivity contribution in [2.24, 2.45) is 5.92 Å². The van der Waals surface area contributed by atoms with Gasteiger partial charge >= 0.3 is 0 Å². The van der Waals surface area contributed by atoms with Crippen LogP contribution in [0.3, 0.4) is 0 Å². The van der Waals surface area contributed by atoms with Gasteiger partial charge in [-0.2, -0.15) is 0 Å². The Hall–Kier alpha value is -0.680. The summed E-state index contributed by atoms with van der Waals surface area (Å²) in [6, 6.07) is 0.399. The van der Waals surface area contributed by atoms with E-state index in [1.165, 1.54) is 0 Å². The average Bonchev–Trinajstić information content (AvgIpc) is 2.19. The van der Waals surface area contributed by atoms with E-state index in [0.29, 0.717) is 12.0 Å². The van der Waals surface area contributed by atoms with Crippen LogP contribution < -0.4 is 5.32 Å². The molecule has 0 fully saturated rings. The molecule has 0 bridgehead atoms. The van der Waals surface area contributed by atoms with Crippen LogP contribution in [0, 0.1) is 5.92 Å². The fourth-order valence-corrected chi connectivity index (χ4v) is 2.14. The molecule has 1 atom stereocenters. The number of aromatic nitrogens is 2. The van der Waals surface area contributed by atoms with Crippen LogP contribution in [0.5, 0.6) is 0 Å². The second kappa shape index (κ2) is 6.91. The van der Waals surface area contributed by atoms with Crippen molar-refractivity contribution in [3.05, 3.63) is 17.0 Å². The van der Waals surface area contributed by atoms with E-state index in [2.05, 4.69) is 64.1 Å². The van der Waals surface area contributed by atoms with Gasteiger partial charge < -0.3 is 10.2 Å². The number of hydrogen-bond donors (Lipinski definition) is 1. The molecule has 0 radical (unpaired) electrons. The molecule has 0 aliphatic rings. The minimum atomic E-state index is 0.399.